The van der Waals surface area contributed by atoms with Gasteiger partial charge in [-0.3, -0.25) is 4.79 Å². The first kappa shape index (κ1) is 14.9. The second-order valence-corrected chi connectivity index (χ2v) is 6.51. The summed E-state index contributed by atoms with van der Waals surface area (Å²) in [5.74, 6) is 1.99. The summed E-state index contributed by atoms with van der Waals surface area (Å²) in [6, 6.07) is 10.4. The van der Waals surface area contributed by atoms with Gasteiger partial charge in [-0.15, -0.1) is 10.2 Å². The van der Waals surface area contributed by atoms with Crippen molar-refractivity contribution in [3.63, 3.8) is 0 Å². The summed E-state index contributed by atoms with van der Waals surface area (Å²) >= 11 is 0. The number of carbonyl (C=O) groups excluding carboxylic acids is 1. The Bertz CT molecular complexity index is 907. The third kappa shape index (κ3) is 2.58. The summed E-state index contributed by atoms with van der Waals surface area (Å²) in [6.07, 6.45) is 1.77. The van der Waals surface area contributed by atoms with E-state index >= 15 is 0 Å². The highest BCUT2D eigenvalue weighted by molar-refractivity contribution is 5.84. The van der Waals surface area contributed by atoms with Crippen molar-refractivity contribution in [1.29, 1.82) is 0 Å². The highest BCUT2D eigenvalue weighted by Crippen LogP contribution is 2.19. The van der Waals surface area contributed by atoms with Gasteiger partial charge >= 0.3 is 0 Å². The Hall–Kier alpha value is -2.63. The van der Waals surface area contributed by atoms with Crippen LogP contribution in [0.3, 0.4) is 0 Å². The van der Waals surface area contributed by atoms with Crippen LogP contribution < -0.4 is 5.32 Å². The number of fused-ring (bicyclic) bond motifs is 2. The Labute approximate surface area is 140 Å². The van der Waals surface area contributed by atoms with Crippen molar-refractivity contribution in [2.75, 3.05) is 0 Å². The van der Waals surface area contributed by atoms with Crippen LogP contribution in [-0.2, 0) is 24.3 Å². The van der Waals surface area contributed by atoms with E-state index in [2.05, 4.69) is 42.8 Å². The van der Waals surface area contributed by atoms with Gasteiger partial charge in [0.2, 0.25) is 5.91 Å². The van der Waals surface area contributed by atoms with E-state index in [9.17, 15) is 4.79 Å². The lowest BCUT2D eigenvalue weighted by molar-refractivity contribution is -0.122. The molecule has 3 heterocycles. The van der Waals surface area contributed by atoms with E-state index in [-0.39, 0.29) is 11.9 Å². The molecule has 2 aromatic heterocycles. The summed E-state index contributed by atoms with van der Waals surface area (Å²) < 4.78 is 4.17. The first-order chi connectivity index (χ1) is 11.6. The molecule has 1 aliphatic heterocycles. The van der Waals surface area contributed by atoms with Crippen molar-refractivity contribution in [2.24, 2.45) is 0 Å². The monoisotopic (exact) mass is 323 g/mol. The maximum atomic E-state index is 12.5. The zero-order valence-electron chi connectivity index (χ0n) is 14.0. The molecule has 3 aromatic rings. The molecule has 1 amide bonds. The zero-order chi connectivity index (χ0) is 16.7. The average Bonchev–Trinajstić information content (AvgIpc) is 3.09. The predicted octanol–water partition coefficient (Wildman–Crippen LogP) is 1.98. The van der Waals surface area contributed by atoms with Gasteiger partial charge in [-0.2, -0.15) is 0 Å². The average molecular weight is 323 g/mol. The smallest absolute Gasteiger partial charge is 0.240 e. The Morgan fingerprint density at radius 1 is 1.29 bits per heavy atom. The predicted molar refractivity (Wildman–Crippen MR) is 91.7 cm³/mol. The van der Waals surface area contributed by atoms with E-state index in [1.54, 1.807) is 0 Å². The lowest BCUT2D eigenvalue weighted by Crippen LogP contribution is -2.42. The first-order valence-corrected chi connectivity index (χ1v) is 8.35. The number of hydrogen-bond donors (Lipinski definition) is 1. The Morgan fingerprint density at radius 2 is 2.12 bits per heavy atom. The van der Waals surface area contributed by atoms with E-state index in [1.807, 2.05) is 26.0 Å². The minimum Gasteiger partial charge on any atom is -0.350 e. The second-order valence-electron chi connectivity index (χ2n) is 6.51. The summed E-state index contributed by atoms with van der Waals surface area (Å²) in [5, 5.41) is 12.6. The van der Waals surface area contributed by atoms with E-state index in [0.717, 1.165) is 42.2 Å². The fraction of sp³-hybridized carbons (Fsp3) is 0.389. The molecular weight excluding hydrogens is 302 g/mol. The van der Waals surface area contributed by atoms with Crippen LogP contribution in [0, 0.1) is 13.8 Å². The topological polar surface area (TPSA) is 64.7 Å². The summed E-state index contributed by atoms with van der Waals surface area (Å²) in [5.41, 5.74) is 2.21. The van der Waals surface area contributed by atoms with Gasteiger partial charge in [0.25, 0.3) is 0 Å². The minimum absolute atomic E-state index is 0.0543. The Morgan fingerprint density at radius 3 is 3.00 bits per heavy atom. The number of hydrogen-bond acceptors (Lipinski definition) is 3. The van der Waals surface area contributed by atoms with Crippen LogP contribution in [0.4, 0.5) is 0 Å². The van der Waals surface area contributed by atoms with Crippen molar-refractivity contribution < 1.29 is 4.79 Å². The summed E-state index contributed by atoms with van der Waals surface area (Å²) in [4.78, 5) is 12.5. The number of aromatic nitrogens is 4. The number of aryl methyl sites for hydroxylation is 3. The number of para-hydroxylation sites is 1. The third-order valence-corrected chi connectivity index (χ3v) is 4.82. The molecule has 1 aromatic carbocycles. The minimum atomic E-state index is 0.0543. The molecule has 6 heteroatoms. The molecule has 1 unspecified atom stereocenters. The fourth-order valence-corrected chi connectivity index (χ4v) is 3.56. The van der Waals surface area contributed by atoms with E-state index in [4.69, 9.17) is 0 Å². The largest absolute Gasteiger partial charge is 0.350 e. The van der Waals surface area contributed by atoms with Gasteiger partial charge in [0.15, 0.2) is 0 Å². The lowest BCUT2D eigenvalue weighted by Gasteiger charge is -2.25. The normalized spacial score (nSPS) is 17.0. The van der Waals surface area contributed by atoms with Crippen molar-refractivity contribution in [3.05, 3.63) is 47.7 Å². The number of nitrogens with one attached hydrogen (secondary N) is 1. The zero-order valence-corrected chi connectivity index (χ0v) is 14.0. The van der Waals surface area contributed by atoms with Gasteiger partial charge in [-0.05, 0) is 37.8 Å². The van der Waals surface area contributed by atoms with Crippen molar-refractivity contribution in [3.8, 4) is 0 Å². The molecule has 4 rings (SSSR count). The first-order valence-electron chi connectivity index (χ1n) is 8.35. The number of carbonyl (C=O) groups is 1. The van der Waals surface area contributed by atoms with Gasteiger partial charge in [0.05, 0.1) is 0 Å². The van der Waals surface area contributed by atoms with Crippen molar-refractivity contribution in [2.45, 2.75) is 45.8 Å². The molecule has 1 atom stereocenters. The Kier molecular flexibility index (Phi) is 3.59. The van der Waals surface area contributed by atoms with Gasteiger partial charge in [-0.25, -0.2) is 0 Å². The SMILES string of the molecule is Cc1nnc2n1CC(NC(=O)Cn1c(C)cc3ccccc31)CC2. The van der Waals surface area contributed by atoms with Crippen molar-refractivity contribution in [1.82, 2.24) is 24.6 Å². The van der Waals surface area contributed by atoms with Gasteiger partial charge in [-0.1, -0.05) is 18.2 Å². The highest BCUT2D eigenvalue weighted by Gasteiger charge is 2.23. The molecule has 0 bridgehead atoms. The Balaban J connectivity index is 1.47. The molecule has 0 saturated heterocycles. The summed E-state index contributed by atoms with van der Waals surface area (Å²) in [6.45, 7) is 5.10. The van der Waals surface area contributed by atoms with Crippen LogP contribution in [0.15, 0.2) is 30.3 Å². The molecule has 1 aliphatic rings. The molecule has 24 heavy (non-hydrogen) atoms. The molecule has 1 N–H and O–H groups in total. The van der Waals surface area contributed by atoms with Crippen LogP contribution in [0.5, 0.6) is 0 Å². The molecule has 124 valence electrons. The molecule has 0 spiro atoms. The van der Waals surface area contributed by atoms with Gasteiger partial charge in [0.1, 0.15) is 18.2 Å². The molecule has 0 fully saturated rings. The molecule has 0 radical (unpaired) electrons. The van der Waals surface area contributed by atoms with Crippen molar-refractivity contribution >= 4 is 16.8 Å². The standard InChI is InChI=1S/C18H21N5O/c1-12-9-14-5-3-4-6-16(14)22(12)11-18(24)19-15-7-8-17-21-20-13(2)23(17)10-15/h3-6,9,15H,7-8,10-11H2,1-2H3,(H,19,24). The second kappa shape index (κ2) is 5.78. The highest BCUT2D eigenvalue weighted by atomic mass is 16.2. The maximum absolute atomic E-state index is 12.5. The van der Waals surface area contributed by atoms with Crippen LogP contribution in [-0.4, -0.2) is 31.3 Å². The molecule has 6 nitrogen and oxygen atoms in total. The van der Waals surface area contributed by atoms with Crippen LogP contribution in [0.25, 0.3) is 10.9 Å². The fourth-order valence-electron chi connectivity index (χ4n) is 3.56. The third-order valence-electron chi connectivity index (χ3n) is 4.82. The lowest BCUT2D eigenvalue weighted by atomic mass is 10.1. The molecule has 0 saturated carbocycles. The number of benzene rings is 1. The van der Waals surface area contributed by atoms with E-state index < -0.39 is 0 Å². The number of amides is 1. The van der Waals surface area contributed by atoms with E-state index in [0.29, 0.717) is 6.54 Å². The van der Waals surface area contributed by atoms with Gasteiger partial charge < -0.3 is 14.5 Å². The number of nitrogens with zero attached hydrogens (tertiary/aromatic N) is 4. The number of rotatable bonds is 3. The van der Waals surface area contributed by atoms with Crippen LogP contribution in [0.2, 0.25) is 0 Å². The maximum Gasteiger partial charge on any atom is 0.240 e. The summed E-state index contributed by atoms with van der Waals surface area (Å²) in [7, 11) is 0. The van der Waals surface area contributed by atoms with Crippen LogP contribution >= 0.6 is 0 Å². The van der Waals surface area contributed by atoms with Crippen LogP contribution in [0.1, 0.15) is 23.8 Å². The molecular formula is C18H21N5O. The van der Waals surface area contributed by atoms with Gasteiger partial charge in [0, 0.05) is 30.2 Å². The van der Waals surface area contributed by atoms with E-state index in [1.165, 1.54) is 5.39 Å². The quantitative estimate of drug-likeness (QED) is 0.801. The molecule has 0 aliphatic carbocycles.